The van der Waals surface area contributed by atoms with E-state index >= 15 is 0 Å². The molecule has 0 heterocycles. The van der Waals surface area contributed by atoms with Crippen LogP contribution in [-0.2, 0) is 9.59 Å². The van der Waals surface area contributed by atoms with Crippen molar-refractivity contribution in [1.82, 2.24) is 0 Å². The van der Waals surface area contributed by atoms with Crippen molar-refractivity contribution in [3.8, 4) is 0 Å². The van der Waals surface area contributed by atoms with E-state index in [1.54, 1.807) is 27.7 Å². The molecule has 6 nitrogen and oxygen atoms in total. The highest BCUT2D eigenvalue weighted by Crippen LogP contribution is 2.39. The lowest BCUT2D eigenvalue weighted by molar-refractivity contribution is -0.148. The van der Waals surface area contributed by atoms with Crippen LogP contribution in [0, 0.1) is 34.5 Å². The van der Waals surface area contributed by atoms with Crippen LogP contribution in [0.4, 0.5) is 0 Å². The minimum Gasteiger partial charge on any atom is -0.481 e. The Morgan fingerprint density at radius 3 is 1.35 bits per heavy atom. The number of aliphatic carboxylic acids is 2. The molecular weight excluding hydrogens is 432 g/mol. The predicted octanol–water partition coefficient (Wildman–Crippen LogP) is 5.66. The molecule has 34 heavy (non-hydrogen) atoms. The second-order valence-electron chi connectivity index (χ2n) is 12.2. The summed E-state index contributed by atoms with van der Waals surface area (Å²) in [5.74, 6) is -0.665. The van der Waals surface area contributed by atoms with Crippen LogP contribution in [0.5, 0.6) is 0 Å². The van der Waals surface area contributed by atoms with Gasteiger partial charge in [-0.3, -0.25) is 9.59 Å². The fourth-order valence-electron chi connectivity index (χ4n) is 5.69. The summed E-state index contributed by atoms with van der Waals surface area (Å²) in [5, 5.41) is 40.0. The first kappa shape index (κ1) is 28.8. The van der Waals surface area contributed by atoms with Crippen LogP contribution in [0.2, 0.25) is 0 Å². The zero-order valence-electron chi connectivity index (χ0n) is 21.7. The third-order valence-electron chi connectivity index (χ3n) is 8.60. The lowest BCUT2D eigenvalue weighted by atomic mass is 9.85. The summed E-state index contributed by atoms with van der Waals surface area (Å²) in [6.45, 7) is 7.07. The number of aliphatic hydroxyl groups excluding tert-OH is 2. The quantitative estimate of drug-likeness (QED) is 0.188. The van der Waals surface area contributed by atoms with Crippen molar-refractivity contribution in [2.75, 3.05) is 0 Å². The zero-order chi connectivity index (χ0) is 25.5. The van der Waals surface area contributed by atoms with E-state index in [4.69, 9.17) is 0 Å². The topological polar surface area (TPSA) is 115 Å². The van der Waals surface area contributed by atoms with Gasteiger partial charge in [-0.25, -0.2) is 0 Å². The van der Waals surface area contributed by atoms with Crippen molar-refractivity contribution >= 4 is 11.9 Å². The van der Waals surface area contributed by atoms with E-state index in [2.05, 4.69) is 12.2 Å². The van der Waals surface area contributed by atoms with Gasteiger partial charge in [0.25, 0.3) is 0 Å². The molecule has 0 aliphatic heterocycles. The molecule has 0 aromatic carbocycles. The zero-order valence-corrected chi connectivity index (χ0v) is 21.7. The fourth-order valence-corrected chi connectivity index (χ4v) is 5.69. The second kappa shape index (κ2) is 12.5. The first-order valence-corrected chi connectivity index (χ1v) is 13.4. The summed E-state index contributed by atoms with van der Waals surface area (Å²) >= 11 is 0. The molecule has 2 aliphatic carbocycles. The highest BCUT2D eigenvalue weighted by atomic mass is 16.4. The molecule has 2 aliphatic rings. The van der Waals surface area contributed by atoms with E-state index in [0.717, 1.165) is 64.2 Å². The summed E-state index contributed by atoms with van der Waals surface area (Å²) in [4.78, 5) is 22.5. The van der Waals surface area contributed by atoms with Crippen molar-refractivity contribution in [3.63, 3.8) is 0 Å². The number of hydrogen-bond donors (Lipinski definition) is 4. The lowest BCUT2D eigenvalue weighted by Crippen LogP contribution is -2.24. The number of aliphatic hydroxyl groups is 2. The molecule has 196 valence electrons. The van der Waals surface area contributed by atoms with E-state index in [1.165, 1.54) is 0 Å². The Morgan fingerprint density at radius 2 is 1.03 bits per heavy atom. The molecule has 2 saturated carbocycles. The van der Waals surface area contributed by atoms with Gasteiger partial charge in [0.15, 0.2) is 0 Å². The molecule has 0 radical (unpaired) electrons. The predicted molar refractivity (Wildman–Crippen MR) is 133 cm³/mol. The number of hydrogen-bond acceptors (Lipinski definition) is 4. The van der Waals surface area contributed by atoms with E-state index in [9.17, 15) is 30.0 Å². The standard InChI is InChI=1S/C28H48O6/c1-27(2,25(31)32)17-7-5-9-19-11-13-21(23(19)29)15-16-22-14-12-20(24(22)30)10-6-8-18-28(3,4)26(33)34/h15-16,19-24,29-30H,5-14,17-18H2,1-4H3,(H,31,32)(H,33,34). The molecule has 6 heteroatoms. The minimum absolute atomic E-state index is 0.143. The molecule has 6 atom stereocenters. The summed E-state index contributed by atoms with van der Waals surface area (Å²) in [6.07, 6.45) is 14.3. The van der Waals surface area contributed by atoms with Crippen LogP contribution in [-0.4, -0.2) is 44.6 Å². The number of unbranched alkanes of at least 4 members (excludes halogenated alkanes) is 2. The van der Waals surface area contributed by atoms with Gasteiger partial charge in [-0.05, 0) is 90.9 Å². The molecule has 0 aromatic rings. The van der Waals surface area contributed by atoms with Crippen LogP contribution in [0.1, 0.15) is 105 Å². The number of carboxylic acid groups (broad SMARTS) is 2. The first-order valence-electron chi connectivity index (χ1n) is 13.4. The molecule has 4 N–H and O–H groups in total. The van der Waals surface area contributed by atoms with E-state index in [-0.39, 0.29) is 35.9 Å². The lowest BCUT2D eigenvalue weighted by Gasteiger charge is -2.21. The van der Waals surface area contributed by atoms with Crippen molar-refractivity contribution in [2.45, 2.75) is 117 Å². The number of rotatable bonds is 14. The van der Waals surface area contributed by atoms with Gasteiger partial charge in [0, 0.05) is 11.8 Å². The van der Waals surface area contributed by atoms with Crippen LogP contribution >= 0.6 is 0 Å². The van der Waals surface area contributed by atoms with Crippen LogP contribution in [0.25, 0.3) is 0 Å². The highest BCUT2D eigenvalue weighted by Gasteiger charge is 2.36. The molecule has 2 fully saturated rings. The fraction of sp³-hybridized carbons (Fsp3) is 0.857. The maximum absolute atomic E-state index is 11.2. The van der Waals surface area contributed by atoms with Gasteiger partial charge in [0.05, 0.1) is 23.0 Å². The van der Waals surface area contributed by atoms with Gasteiger partial charge in [-0.1, -0.05) is 37.8 Å². The Bertz CT molecular complexity index is 639. The van der Waals surface area contributed by atoms with E-state index in [1.807, 2.05) is 0 Å². The first-order chi connectivity index (χ1) is 15.8. The maximum atomic E-state index is 11.2. The van der Waals surface area contributed by atoms with Crippen LogP contribution in [0.15, 0.2) is 12.2 Å². The van der Waals surface area contributed by atoms with Crippen molar-refractivity contribution in [2.24, 2.45) is 34.5 Å². The van der Waals surface area contributed by atoms with E-state index < -0.39 is 22.8 Å². The average Bonchev–Trinajstić information content (AvgIpc) is 3.29. The normalized spacial score (nSPS) is 30.3. The SMILES string of the molecule is CC(C)(CCCCC1CCC(C=CC2CCC(CCCCC(C)(C)C(=O)O)C2O)C1O)C(=O)O. The molecule has 0 spiro atoms. The Morgan fingerprint density at radius 1 is 0.676 bits per heavy atom. The highest BCUT2D eigenvalue weighted by molar-refractivity contribution is 5.73. The summed E-state index contributed by atoms with van der Waals surface area (Å²) < 4.78 is 0. The molecule has 0 amide bonds. The van der Waals surface area contributed by atoms with Crippen molar-refractivity contribution < 1.29 is 30.0 Å². The number of carbonyl (C=O) groups is 2. The third-order valence-corrected chi connectivity index (χ3v) is 8.60. The maximum Gasteiger partial charge on any atom is 0.309 e. The van der Waals surface area contributed by atoms with Crippen LogP contribution < -0.4 is 0 Å². The monoisotopic (exact) mass is 480 g/mol. The van der Waals surface area contributed by atoms with Crippen LogP contribution in [0.3, 0.4) is 0 Å². The Hall–Kier alpha value is -1.40. The molecule has 0 saturated heterocycles. The Kier molecular flexibility index (Phi) is 10.6. The molecule has 0 bridgehead atoms. The van der Waals surface area contributed by atoms with Gasteiger partial charge < -0.3 is 20.4 Å². The molecule has 0 aromatic heterocycles. The Labute approximate surface area is 205 Å². The molecule has 6 unspecified atom stereocenters. The van der Waals surface area contributed by atoms with E-state index in [0.29, 0.717) is 12.8 Å². The van der Waals surface area contributed by atoms with Gasteiger partial charge in [0.2, 0.25) is 0 Å². The van der Waals surface area contributed by atoms with Gasteiger partial charge >= 0.3 is 11.9 Å². The third kappa shape index (κ3) is 8.08. The van der Waals surface area contributed by atoms with Gasteiger partial charge in [0.1, 0.15) is 0 Å². The van der Waals surface area contributed by atoms with Crippen molar-refractivity contribution in [3.05, 3.63) is 12.2 Å². The van der Waals surface area contributed by atoms with Gasteiger partial charge in [-0.2, -0.15) is 0 Å². The summed E-state index contributed by atoms with van der Waals surface area (Å²) in [6, 6.07) is 0. The Balaban J connectivity index is 1.70. The minimum atomic E-state index is -0.753. The smallest absolute Gasteiger partial charge is 0.309 e. The summed E-state index contributed by atoms with van der Waals surface area (Å²) in [7, 11) is 0. The largest absolute Gasteiger partial charge is 0.481 e. The second-order valence-corrected chi connectivity index (χ2v) is 12.2. The average molecular weight is 481 g/mol. The summed E-state index contributed by atoms with van der Waals surface area (Å²) in [5.41, 5.74) is -1.37. The number of carboxylic acids is 2. The molecular formula is C28H48O6. The van der Waals surface area contributed by atoms with Gasteiger partial charge in [-0.15, -0.1) is 0 Å². The van der Waals surface area contributed by atoms with Crippen molar-refractivity contribution in [1.29, 1.82) is 0 Å². The molecule has 2 rings (SSSR count).